The van der Waals surface area contributed by atoms with E-state index < -0.39 is 11.6 Å². The highest BCUT2D eigenvalue weighted by Crippen LogP contribution is 2.39. The van der Waals surface area contributed by atoms with E-state index in [1.165, 1.54) is 6.07 Å². The van der Waals surface area contributed by atoms with E-state index in [1.807, 2.05) is 6.07 Å². The van der Waals surface area contributed by atoms with Gasteiger partial charge in [-0.1, -0.05) is 6.42 Å². The fraction of sp³-hybridized carbons (Fsp3) is 0.417. The Morgan fingerprint density at radius 1 is 1.50 bits per heavy atom. The quantitative estimate of drug-likeness (QED) is 0.802. The number of hydrogen-bond acceptors (Lipinski definition) is 3. The number of phenolic OH excluding ortho intramolecular Hbond substituents is 1. The number of phenols is 1. The highest BCUT2D eigenvalue weighted by molar-refractivity contribution is 5.44. The third-order valence-electron chi connectivity index (χ3n) is 3.24. The Hall–Kier alpha value is -1.60. The molecule has 1 aliphatic carbocycles. The third-order valence-corrected chi connectivity index (χ3v) is 3.24. The van der Waals surface area contributed by atoms with Gasteiger partial charge in [-0.3, -0.25) is 0 Å². The lowest BCUT2D eigenvalue weighted by Crippen LogP contribution is -2.27. The van der Waals surface area contributed by atoms with E-state index in [9.17, 15) is 9.50 Å². The first-order valence-electron chi connectivity index (χ1n) is 5.31. The van der Waals surface area contributed by atoms with Crippen LogP contribution in [0.4, 0.5) is 4.39 Å². The van der Waals surface area contributed by atoms with E-state index in [1.54, 1.807) is 0 Å². The number of benzene rings is 1. The number of nitriles is 1. The van der Waals surface area contributed by atoms with Crippen molar-refractivity contribution >= 4 is 0 Å². The second kappa shape index (κ2) is 4.11. The Kier molecular flexibility index (Phi) is 2.80. The van der Waals surface area contributed by atoms with E-state index in [4.69, 9.17) is 11.0 Å². The van der Waals surface area contributed by atoms with Gasteiger partial charge in [0.25, 0.3) is 0 Å². The van der Waals surface area contributed by atoms with Crippen molar-refractivity contribution in [3.63, 3.8) is 0 Å². The molecule has 3 nitrogen and oxygen atoms in total. The van der Waals surface area contributed by atoms with Crippen molar-refractivity contribution in [3.05, 3.63) is 29.1 Å². The van der Waals surface area contributed by atoms with Gasteiger partial charge >= 0.3 is 0 Å². The van der Waals surface area contributed by atoms with Crippen molar-refractivity contribution in [2.75, 3.05) is 0 Å². The largest absolute Gasteiger partial charge is 0.505 e. The minimum Gasteiger partial charge on any atom is -0.505 e. The molecule has 1 aromatic carbocycles. The maximum Gasteiger partial charge on any atom is 0.166 e. The van der Waals surface area contributed by atoms with Crippen LogP contribution < -0.4 is 5.73 Å². The fourth-order valence-electron chi connectivity index (χ4n) is 1.99. The Bertz CT molecular complexity index is 449. The van der Waals surface area contributed by atoms with Crippen LogP contribution in [0.2, 0.25) is 0 Å². The smallest absolute Gasteiger partial charge is 0.166 e. The number of hydrogen-bond donors (Lipinski definition) is 2. The number of halogens is 1. The first-order chi connectivity index (χ1) is 7.63. The van der Waals surface area contributed by atoms with Crippen molar-refractivity contribution in [2.45, 2.75) is 25.3 Å². The molecule has 0 amide bonds. The van der Waals surface area contributed by atoms with E-state index in [-0.39, 0.29) is 11.6 Å². The molecule has 1 atom stereocenters. The van der Waals surface area contributed by atoms with Crippen LogP contribution in [-0.4, -0.2) is 5.11 Å². The number of nitrogens with two attached hydrogens (primary N) is 1. The lowest BCUT2D eigenvalue weighted by molar-refractivity contribution is 0.259. The van der Waals surface area contributed by atoms with E-state index >= 15 is 0 Å². The monoisotopic (exact) mass is 220 g/mol. The second-order valence-electron chi connectivity index (χ2n) is 4.22. The average Bonchev–Trinajstić information content (AvgIpc) is 2.19. The van der Waals surface area contributed by atoms with Gasteiger partial charge in [-0.05, 0) is 30.9 Å². The summed E-state index contributed by atoms with van der Waals surface area (Å²) in [6, 6.07) is 3.97. The Balaban J connectivity index is 2.38. The molecular formula is C12H13FN2O. The van der Waals surface area contributed by atoms with Crippen LogP contribution in [0, 0.1) is 23.1 Å². The normalized spacial score (nSPS) is 17.6. The number of nitrogens with zero attached hydrogens (tertiary/aromatic N) is 1. The van der Waals surface area contributed by atoms with Gasteiger partial charge in [0.05, 0.1) is 11.6 Å². The van der Waals surface area contributed by atoms with Crippen LogP contribution in [0.3, 0.4) is 0 Å². The molecule has 0 heterocycles. The Morgan fingerprint density at radius 2 is 2.19 bits per heavy atom. The summed E-state index contributed by atoms with van der Waals surface area (Å²) < 4.78 is 13.3. The van der Waals surface area contributed by atoms with Gasteiger partial charge in [0, 0.05) is 11.6 Å². The van der Waals surface area contributed by atoms with E-state index in [0.717, 1.165) is 25.3 Å². The number of rotatable bonds is 2. The summed E-state index contributed by atoms with van der Waals surface area (Å²) in [5, 5.41) is 18.3. The summed E-state index contributed by atoms with van der Waals surface area (Å²) in [4.78, 5) is 0. The molecule has 0 saturated heterocycles. The number of aromatic hydroxyl groups is 1. The molecule has 1 aliphatic rings. The molecule has 0 aliphatic heterocycles. The molecule has 0 aromatic heterocycles. The Labute approximate surface area is 93.3 Å². The molecule has 2 rings (SSSR count). The van der Waals surface area contributed by atoms with Gasteiger partial charge < -0.3 is 10.8 Å². The van der Waals surface area contributed by atoms with E-state index in [2.05, 4.69) is 0 Å². The topological polar surface area (TPSA) is 70.0 Å². The van der Waals surface area contributed by atoms with Crippen LogP contribution in [0.5, 0.6) is 5.75 Å². The van der Waals surface area contributed by atoms with Gasteiger partial charge in [-0.2, -0.15) is 5.26 Å². The standard InChI is InChI=1S/C12H13FN2O/c13-10-5-7(6-14)4-9(12(10)16)11(15)8-2-1-3-8/h4-5,8,11,16H,1-3,15H2/t11-/m1/s1. The molecule has 1 fully saturated rings. The molecule has 0 spiro atoms. The van der Waals surface area contributed by atoms with Crippen molar-refractivity contribution in [2.24, 2.45) is 11.7 Å². The third kappa shape index (κ3) is 1.74. The van der Waals surface area contributed by atoms with Crippen LogP contribution in [0.15, 0.2) is 12.1 Å². The Morgan fingerprint density at radius 3 is 2.69 bits per heavy atom. The van der Waals surface area contributed by atoms with Crippen molar-refractivity contribution < 1.29 is 9.50 Å². The minimum atomic E-state index is -0.774. The van der Waals surface area contributed by atoms with Crippen molar-refractivity contribution in [1.29, 1.82) is 5.26 Å². The van der Waals surface area contributed by atoms with Crippen LogP contribution in [0.25, 0.3) is 0 Å². The molecule has 0 radical (unpaired) electrons. The SMILES string of the molecule is N#Cc1cc(F)c(O)c([C@H](N)C2CCC2)c1. The minimum absolute atomic E-state index is 0.195. The van der Waals surface area contributed by atoms with E-state index in [0.29, 0.717) is 11.5 Å². The molecule has 84 valence electrons. The first kappa shape index (κ1) is 10.9. The maximum absolute atomic E-state index is 13.3. The van der Waals surface area contributed by atoms with Crippen LogP contribution >= 0.6 is 0 Å². The van der Waals surface area contributed by atoms with Gasteiger partial charge in [0.15, 0.2) is 11.6 Å². The highest BCUT2D eigenvalue weighted by atomic mass is 19.1. The van der Waals surface area contributed by atoms with Crippen LogP contribution in [-0.2, 0) is 0 Å². The van der Waals surface area contributed by atoms with Crippen molar-refractivity contribution in [3.8, 4) is 11.8 Å². The van der Waals surface area contributed by atoms with Gasteiger partial charge in [-0.15, -0.1) is 0 Å². The summed E-state index contributed by atoms with van der Waals surface area (Å²) in [5.41, 5.74) is 6.50. The zero-order chi connectivity index (χ0) is 11.7. The van der Waals surface area contributed by atoms with Gasteiger partial charge in [0.2, 0.25) is 0 Å². The molecular weight excluding hydrogens is 207 g/mol. The van der Waals surface area contributed by atoms with Gasteiger partial charge in [-0.25, -0.2) is 4.39 Å². The predicted molar refractivity (Wildman–Crippen MR) is 57.0 cm³/mol. The molecule has 4 heteroatoms. The summed E-state index contributed by atoms with van der Waals surface area (Å²) in [6.07, 6.45) is 3.12. The second-order valence-corrected chi connectivity index (χ2v) is 4.22. The average molecular weight is 220 g/mol. The summed E-state index contributed by atoms with van der Waals surface area (Å²) >= 11 is 0. The zero-order valence-corrected chi connectivity index (χ0v) is 8.78. The molecule has 0 unspecified atom stereocenters. The van der Waals surface area contributed by atoms with Gasteiger partial charge in [0.1, 0.15) is 0 Å². The predicted octanol–water partition coefficient (Wildman–Crippen LogP) is 2.20. The fourth-order valence-corrected chi connectivity index (χ4v) is 1.99. The molecule has 16 heavy (non-hydrogen) atoms. The summed E-state index contributed by atoms with van der Waals surface area (Å²) in [6.45, 7) is 0. The summed E-state index contributed by atoms with van der Waals surface area (Å²) in [7, 11) is 0. The zero-order valence-electron chi connectivity index (χ0n) is 8.78. The maximum atomic E-state index is 13.3. The lowest BCUT2D eigenvalue weighted by Gasteiger charge is -2.31. The first-order valence-corrected chi connectivity index (χ1v) is 5.31. The van der Waals surface area contributed by atoms with Crippen LogP contribution in [0.1, 0.15) is 36.4 Å². The highest BCUT2D eigenvalue weighted by Gasteiger charge is 2.28. The molecule has 0 bridgehead atoms. The summed E-state index contributed by atoms with van der Waals surface area (Å²) in [5.74, 6) is -0.901. The van der Waals surface area contributed by atoms with Crippen molar-refractivity contribution in [1.82, 2.24) is 0 Å². The lowest BCUT2D eigenvalue weighted by atomic mass is 9.77. The molecule has 3 N–H and O–H groups in total. The molecule has 1 aromatic rings. The molecule has 1 saturated carbocycles.